The molecule has 0 unspecified atom stereocenters. The van der Waals surface area contributed by atoms with Gasteiger partial charge in [0, 0.05) is 10.7 Å². The summed E-state index contributed by atoms with van der Waals surface area (Å²) in [7, 11) is 0. The molecule has 0 saturated carbocycles. The Morgan fingerprint density at radius 2 is 1.85 bits per heavy atom. The summed E-state index contributed by atoms with van der Waals surface area (Å²) in [5.41, 5.74) is 1.03. The van der Waals surface area contributed by atoms with Crippen LogP contribution in [0.15, 0.2) is 48.5 Å². The van der Waals surface area contributed by atoms with E-state index in [1.807, 2.05) is 0 Å². The highest BCUT2D eigenvalue weighted by atomic mass is 35.5. The van der Waals surface area contributed by atoms with Crippen LogP contribution in [0.2, 0.25) is 5.02 Å². The predicted molar refractivity (Wildman–Crippen MR) is 102 cm³/mol. The predicted octanol–water partition coefficient (Wildman–Crippen LogP) is 4.70. The van der Waals surface area contributed by atoms with Gasteiger partial charge >= 0.3 is 5.97 Å². The van der Waals surface area contributed by atoms with Crippen LogP contribution in [0.3, 0.4) is 0 Å². The number of carbonyl (C=O) groups is 2. The SMILES string of the molecule is CCCCCOC(=O)c1ccc(NC(=O)COc2cccc(Cl)c2)cc1. The summed E-state index contributed by atoms with van der Waals surface area (Å²) in [5, 5.41) is 3.25. The van der Waals surface area contributed by atoms with E-state index in [-0.39, 0.29) is 18.5 Å². The van der Waals surface area contributed by atoms with Crippen LogP contribution < -0.4 is 10.1 Å². The summed E-state index contributed by atoms with van der Waals surface area (Å²) in [6, 6.07) is 13.4. The van der Waals surface area contributed by atoms with Crippen LogP contribution in [0.25, 0.3) is 0 Å². The summed E-state index contributed by atoms with van der Waals surface area (Å²) < 4.78 is 10.6. The van der Waals surface area contributed by atoms with Gasteiger partial charge in [0.25, 0.3) is 5.91 Å². The molecule has 2 aromatic rings. The van der Waals surface area contributed by atoms with Crippen LogP contribution in [-0.2, 0) is 9.53 Å². The molecule has 26 heavy (non-hydrogen) atoms. The van der Waals surface area contributed by atoms with Gasteiger partial charge < -0.3 is 14.8 Å². The number of unbranched alkanes of at least 4 members (excludes halogenated alkanes) is 2. The number of hydrogen-bond acceptors (Lipinski definition) is 4. The standard InChI is InChI=1S/C20H22ClNO4/c1-2-3-4-12-25-20(24)15-8-10-17(11-9-15)22-19(23)14-26-18-7-5-6-16(21)13-18/h5-11,13H,2-4,12,14H2,1H3,(H,22,23). The quantitative estimate of drug-likeness (QED) is 0.509. The largest absolute Gasteiger partial charge is 0.484 e. The van der Waals surface area contributed by atoms with E-state index in [1.165, 1.54) is 0 Å². The Kier molecular flexibility index (Phi) is 7.96. The first kappa shape index (κ1) is 19.8. The minimum Gasteiger partial charge on any atom is -0.484 e. The van der Waals surface area contributed by atoms with Crippen molar-refractivity contribution in [3.05, 3.63) is 59.1 Å². The van der Waals surface area contributed by atoms with Crippen molar-refractivity contribution in [1.82, 2.24) is 0 Å². The number of amides is 1. The first-order valence-electron chi connectivity index (χ1n) is 8.54. The van der Waals surface area contributed by atoms with Crippen molar-refractivity contribution in [1.29, 1.82) is 0 Å². The van der Waals surface area contributed by atoms with Crippen molar-refractivity contribution in [2.45, 2.75) is 26.2 Å². The third-order valence-corrected chi connectivity index (χ3v) is 3.79. The van der Waals surface area contributed by atoms with E-state index in [9.17, 15) is 9.59 Å². The van der Waals surface area contributed by atoms with Crippen molar-refractivity contribution < 1.29 is 19.1 Å². The van der Waals surface area contributed by atoms with Crippen molar-refractivity contribution in [2.75, 3.05) is 18.5 Å². The average molecular weight is 376 g/mol. The number of carbonyl (C=O) groups excluding carboxylic acids is 2. The second kappa shape index (κ2) is 10.5. The molecule has 0 aliphatic rings. The number of rotatable bonds is 9. The van der Waals surface area contributed by atoms with Crippen molar-refractivity contribution >= 4 is 29.2 Å². The second-order valence-corrected chi connectivity index (χ2v) is 6.15. The Labute approximate surface area is 158 Å². The fourth-order valence-electron chi connectivity index (χ4n) is 2.19. The molecule has 1 N–H and O–H groups in total. The average Bonchev–Trinajstić information content (AvgIpc) is 2.64. The number of hydrogen-bond donors (Lipinski definition) is 1. The van der Waals surface area contributed by atoms with Crippen LogP contribution in [0.5, 0.6) is 5.75 Å². The first-order chi connectivity index (χ1) is 12.6. The van der Waals surface area contributed by atoms with Gasteiger partial charge in [-0.15, -0.1) is 0 Å². The Morgan fingerprint density at radius 3 is 2.54 bits per heavy atom. The number of ether oxygens (including phenoxy) is 2. The summed E-state index contributed by atoms with van der Waals surface area (Å²) >= 11 is 5.86. The van der Waals surface area contributed by atoms with Gasteiger partial charge in [0.1, 0.15) is 5.75 Å². The number of halogens is 1. The molecule has 0 spiro atoms. The molecule has 0 aliphatic heterocycles. The molecule has 6 heteroatoms. The third kappa shape index (κ3) is 6.76. The lowest BCUT2D eigenvalue weighted by molar-refractivity contribution is -0.118. The number of benzene rings is 2. The van der Waals surface area contributed by atoms with E-state index < -0.39 is 0 Å². The van der Waals surface area contributed by atoms with Gasteiger partial charge in [-0.2, -0.15) is 0 Å². The Bertz CT molecular complexity index is 731. The van der Waals surface area contributed by atoms with E-state index >= 15 is 0 Å². The molecule has 2 aromatic carbocycles. The Hall–Kier alpha value is -2.53. The minimum absolute atomic E-state index is 0.137. The normalized spacial score (nSPS) is 10.2. The number of esters is 1. The lowest BCUT2D eigenvalue weighted by atomic mass is 10.2. The molecular weight excluding hydrogens is 354 g/mol. The Balaban J connectivity index is 1.78. The molecule has 0 saturated heterocycles. The molecule has 0 atom stereocenters. The zero-order valence-electron chi connectivity index (χ0n) is 14.7. The lowest BCUT2D eigenvalue weighted by Crippen LogP contribution is -2.20. The van der Waals surface area contributed by atoms with Gasteiger partial charge in [0.05, 0.1) is 12.2 Å². The van der Waals surface area contributed by atoms with Crippen LogP contribution >= 0.6 is 11.6 Å². The second-order valence-electron chi connectivity index (χ2n) is 5.71. The fraction of sp³-hybridized carbons (Fsp3) is 0.300. The van der Waals surface area contributed by atoms with Crippen LogP contribution in [-0.4, -0.2) is 25.1 Å². The van der Waals surface area contributed by atoms with Gasteiger partial charge in [-0.3, -0.25) is 4.79 Å². The maximum Gasteiger partial charge on any atom is 0.338 e. The van der Waals surface area contributed by atoms with Crippen molar-refractivity contribution in [3.8, 4) is 5.75 Å². The number of nitrogens with one attached hydrogen (secondary N) is 1. The van der Waals surface area contributed by atoms with Gasteiger partial charge in [0.2, 0.25) is 0 Å². The van der Waals surface area contributed by atoms with Crippen molar-refractivity contribution in [2.24, 2.45) is 0 Å². The fourth-order valence-corrected chi connectivity index (χ4v) is 2.37. The monoisotopic (exact) mass is 375 g/mol. The molecule has 5 nitrogen and oxygen atoms in total. The van der Waals surface area contributed by atoms with E-state index in [4.69, 9.17) is 21.1 Å². The van der Waals surface area contributed by atoms with Crippen molar-refractivity contribution in [3.63, 3.8) is 0 Å². The molecule has 138 valence electrons. The molecule has 2 rings (SSSR count). The van der Waals surface area contributed by atoms with E-state index in [1.54, 1.807) is 48.5 Å². The van der Waals surface area contributed by atoms with E-state index in [0.29, 0.717) is 28.6 Å². The highest BCUT2D eigenvalue weighted by Gasteiger charge is 2.08. The van der Waals surface area contributed by atoms with Gasteiger partial charge in [0.15, 0.2) is 6.61 Å². The van der Waals surface area contributed by atoms with Gasteiger partial charge in [-0.05, 0) is 48.9 Å². The zero-order valence-corrected chi connectivity index (χ0v) is 15.4. The molecule has 0 fully saturated rings. The first-order valence-corrected chi connectivity index (χ1v) is 8.91. The molecule has 1 amide bonds. The molecule has 0 bridgehead atoms. The zero-order chi connectivity index (χ0) is 18.8. The molecule has 0 aliphatic carbocycles. The number of anilines is 1. The maximum atomic E-state index is 11.9. The third-order valence-electron chi connectivity index (χ3n) is 3.55. The topological polar surface area (TPSA) is 64.6 Å². The van der Waals surface area contributed by atoms with E-state index in [2.05, 4.69) is 12.2 Å². The maximum absolute atomic E-state index is 11.9. The summed E-state index contributed by atoms with van der Waals surface area (Å²) in [6.45, 7) is 2.38. The summed E-state index contributed by atoms with van der Waals surface area (Å²) in [6.07, 6.45) is 2.98. The van der Waals surface area contributed by atoms with Gasteiger partial charge in [-0.25, -0.2) is 4.79 Å². The van der Waals surface area contributed by atoms with Crippen LogP contribution in [0, 0.1) is 0 Å². The molecular formula is C20H22ClNO4. The van der Waals surface area contributed by atoms with Crippen LogP contribution in [0.1, 0.15) is 36.5 Å². The summed E-state index contributed by atoms with van der Waals surface area (Å²) in [5.74, 6) is -0.142. The van der Waals surface area contributed by atoms with Crippen LogP contribution in [0.4, 0.5) is 5.69 Å². The Morgan fingerprint density at radius 1 is 1.08 bits per heavy atom. The smallest absolute Gasteiger partial charge is 0.338 e. The molecule has 0 aromatic heterocycles. The van der Waals surface area contributed by atoms with Gasteiger partial charge in [-0.1, -0.05) is 37.4 Å². The molecule has 0 heterocycles. The van der Waals surface area contributed by atoms with E-state index in [0.717, 1.165) is 19.3 Å². The minimum atomic E-state index is -0.358. The lowest BCUT2D eigenvalue weighted by Gasteiger charge is -2.09. The highest BCUT2D eigenvalue weighted by Crippen LogP contribution is 2.17. The summed E-state index contributed by atoms with van der Waals surface area (Å²) in [4.78, 5) is 23.8. The molecule has 0 radical (unpaired) electrons. The highest BCUT2D eigenvalue weighted by molar-refractivity contribution is 6.30.